The molecule has 15 heavy (non-hydrogen) atoms. The van der Waals surface area contributed by atoms with Crippen molar-refractivity contribution in [1.82, 2.24) is 10.2 Å². The van der Waals surface area contributed by atoms with Gasteiger partial charge in [-0.05, 0) is 12.8 Å². The maximum absolute atomic E-state index is 11.7. The van der Waals surface area contributed by atoms with Crippen molar-refractivity contribution in [3.8, 4) is 0 Å². The summed E-state index contributed by atoms with van der Waals surface area (Å²) in [4.78, 5) is 13.7. The van der Waals surface area contributed by atoms with Gasteiger partial charge in [0.25, 0.3) is 0 Å². The predicted octanol–water partition coefficient (Wildman–Crippen LogP) is -0.155. The molecule has 1 aliphatic carbocycles. The molecule has 0 aromatic carbocycles. The molecule has 0 aromatic heterocycles. The maximum Gasteiger partial charge on any atom is 0.317 e. The lowest BCUT2D eigenvalue weighted by Gasteiger charge is -2.32. The molecule has 2 rings (SSSR count). The molecule has 3 N–H and O–H groups in total. The van der Waals surface area contributed by atoms with Crippen LogP contribution in [0.5, 0.6) is 0 Å². The molecule has 2 aliphatic rings. The molecule has 1 heterocycles. The second-order valence-corrected chi connectivity index (χ2v) is 4.40. The third kappa shape index (κ3) is 2.79. The van der Waals surface area contributed by atoms with E-state index >= 15 is 0 Å². The molecule has 5 nitrogen and oxygen atoms in total. The molecule has 0 aromatic rings. The molecular formula is C9H15N3O2S. The summed E-state index contributed by atoms with van der Waals surface area (Å²) in [5, 5.41) is 2.93. The highest BCUT2D eigenvalue weighted by Gasteiger charge is 2.29. The average molecular weight is 229 g/mol. The SMILES string of the molecule is NC(=S)C1CN(C(=O)NC2CC2)CCO1. The Morgan fingerprint density at radius 1 is 1.53 bits per heavy atom. The van der Waals surface area contributed by atoms with Crippen LogP contribution in [0.15, 0.2) is 0 Å². The minimum absolute atomic E-state index is 0.0259. The fourth-order valence-corrected chi connectivity index (χ4v) is 1.64. The topological polar surface area (TPSA) is 67.6 Å². The van der Waals surface area contributed by atoms with Crippen LogP contribution in [0.25, 0.3) is 0 Å². The number of nitrogens with zero attached hydrogens (tertiary/aromatic N) is 1. The van der Waals surface area contributed by atoms with Crippen molar-refractivity contribution < 1.29 is 9.53 Å². The van der Waals surface area contributed by atoms with Crippen molar-refractivity contribution in [3.63, 3.8) is 0 Å². The van der Waals surface area contributed by atoms with Gasteiger partial charge >= 0.3 is 6.03 Å². The van der Waals surface area contributed by atoms with Gasteiger partial charge in [-0.3, -0.25) is 0 Å². The van der Waals surface area contributed by atoms with E-state index in [1.807, 2.05) is 0 Å². The Bertz CT molecular complexity index is 281. The number of hydrogen-bond donors (Lipinski definition) is 2. The largest absolute Gasteiger partial charge is 0.391 e. The first-order valence-corrected chi connectivity index (χ1v) is 5.54. The van der Waals surface area contributed by atoms with E-state index in [9.17, 15) is 4.79 Å². The van der Waals surface area contributed by atoms with Gasteiger partial charge in [0.1, 0.15) is 11.1 Å². The van der Waals surface area contributed by atoms with E-state index in [0.717, 1.165) is 12.8 Å². The standard InChI is InChI=1S/C9H15N3O2S/c10-8(15)7-5-12(3-4-14-7)9(13)11-6-1-2-6/h6-7H,1-5H2,(H2,10,15)(H,11,13). The van der Waals surface area contributed by atoms with Gasteiger partial charge in [-0.15, -0.1) is 0 Å². The molecule has 0 spiro atoms. The lowest BCUT2D eigenvalue weighted by atomic mass is 10.3. The maximum atomic E-state index is 11.7. The molecule has 84 valence electrons. The summed E-state index contributed by atoms with van der Waals surface area (Å²) in [7, 11) is 0. The molecule has 1 atom stereocenters. The van der Waals surface area contributed by atoms with Crippen LogP contribution in [0, 0.1) is 0 Å². The highest BCUT2D eigenvalue weighted by atomic mass is 32.1. The first-order valence-electron chi connectivity index (χ1n) is 5.13. The fourth-order valence-electron chi connectivity index (χ4n) is 1.50. The number of rotatable bonds is 2. The van der Waals surface area contributed by atoms with Gasteiger partial charge in [0.2, 0.25) is 0 Å². The van der Waals surface area contributed by atoms with Gasteiger partial charge in [-0.25, -0.2) is 4.79 Å². The number of ether oxygens (including phenoxy) is 1. The zero-order valence-electron chi connectivity index (χ0n) is 8.44. The number of nitrogens with one attached hydrogen (secondary N) is 1. The third-order valence-electron chi connectivity index (χ3n) is 2.58. The van der Waals surface area contributed by atoms with Crippen LogP contribution in [-0.4, -0.2) is 47.8 Å². The smallest absolute Gasteiger partial charge is 0.317 e. The molecule has 0 bridgehead atoms. The van der Waals surface area contributed by atoms with Crippen LogP contribution in [0.4, 0.5) is 4.79 Å². The summed E-state index contributed by atoms with van der Waals surface area (Å²) in [6.07, 6.45) is 1.89. The Labute approximate surface area is 93.9 Å². The summed E-state index contributed by atoms with van der Waals surface area (Å²) in [5.41, 5.74) is 5.49. The molecule has 1 saturated carbocycles. The van der Waals surface area contributed by atoms with Gasteiger partial charge < -0.3 is 20.7 Å². The van der Waals surface area contributed by atoms with Crippen LogP contribution in [0.3, 0.4) is 0 Å². The quantitative estimate of drug-likeness (QED) is 0.646. The molecule has 2 fully saturated rings. The number of thiocarbonyl (C=S) groups is 1. The average Bonchev–Trinajstić information content (AvgIpc) is 3.02. The van der Waals surface area contributed by atoms with Gasteiger partial charge in [0, 0.05) is 12.6 Å². The number of carbonyl (C=O) groups is 1. The summed E-state index contributed by atoms with van der Waals surface area (Å²) >= 11 is 4.85. The van der Waals surface area contributed by atoms with Crippen molar-refractivity contribution in [2.75, 3.05) is 19.7 Å². The van der Waals surface area contributed by atoms with E-state index in [1.54, 1.807) is 4.90 Å². The number of nitrogens with two attached hydrogens (primary N) is 1. The predicted molar refractivity (Wildman–Crippen MR) is 59.7 cm³/mol. The zero-order chi connectivity index (χ0) is 10.8. The molecule has 1 aliphatic heterocycles. The summed E-state index contributed by atoms with van der Waals surface area (Å²) < 4.78 is 5.35. The molecule has 1 saturated heterocycles. The number of morpholine rings is 1. The molecule has 0 radical (unpaired) electrons. The van der Waals surface area contributed by atoms with Crippen LogP contribution < -0.4 is 11.1 Å². The molecule has 2 amide bonds. The lowest BCUT2D eigenvalue weighted by molar-refractivity contribution is 0.0224. The van der Waals surface area contributed by atoms with E-state index in [1.165, 1.54) is 0 Å². The fraction of sp³-hybridized carbons (Fsp3) is 0.778. The van der Waals surface area contributed by atoms with E-state index in [2.05, 4.69) is 5.32 Å². The monoisotopic (exact) mass is 229 g/mol. The Morgan fingerprint density at radius 2 is 2.27 bits per heavy atom. The van der Waals surface area contributed by atoms with E-state index < -0.39 is 0 Å². The van der Waals surface area contributed by atoms with E-state index in [-0.39, 0.29) is 12.1 Å². The third-order valence-corrected chi connectivity index (χ3v) is 2.84. The number of amides is 2. The van der Waals surface area contributed by atoms with Crippen molar-refractivity contribution in [2.24, 2.45) is 5.73 Å². The second-order valence-electron chi connectivity index (χ2n) is 3.93. The molecular weight excluding hydrogens is 214 g/mol. The second kappa shape index (κ2) is 4.32. The number of hydrogen-bond acceptors (Lipinski definition) is 3. The van der Waals surface area contributed by atoms with Crippen LogP contribution in [-0.2, 0) is 4.74 Å². The van der Waals surface area contributed by atoms with Crippen molar-refractivity contribution in [2.45, 2.75) is 25.0 Å². The Hall–Kier alpha value is -0.880. The van der Waals surface area contributed by atoms with Gasteiger partial charge in [-0.1, -0.05) is 12.2 Å². The van der Waals surface area contributed by atoms with E-state index in [0.29, 0.717) is 30.7 Å². The number of carbonyl (C=O) groups excluding carboxylic acids is 1. The van der Waals surface area contributed by atoms with Gasteiger partial charge in [-0.2, -0.15) is 0 Å². The van der Waals surface area contributed by atoms with Crippen molar-refractivity contribution >= 4 is 23.2 Å². The van der Waals surface area contributed by atoms with Crippen molar-refractivity contribution in [3.05, 3.63) is 0 Å². The number of urea groups is 1. The molecule has 1 unspecified atom stereocenters. The minimum atomic E-state index is -0.293. The first kappa shape index (κ1) is 10.6. The summed E-state index contributed by atoms with van der Waals surface area (Å²) in [5.74, 6) is 0. The van der Waals surface area contributed by atoms with Gasteiger partial charge in [0.05, 0.1) is 13.2 Å². The van der Waals surface area contributed by atoms with E-state index in [4.69, 9.17) is 22.7 Å². The molecule has 6 heteroatoms. The summed E-state index contributed by atoms with van der Waals surface area (Å²) in [6, 6.07) is 0.352. The van der Waals surface area contributed by atoms with Gasteiger partial charge in [0.15, 0.2) is 0 Å². The summed E-state index contributed by atoms with van der Waals surface area (Å²) in [6.45, 7) is 1.58. The zero-order valence-corrected chi connectivity index (χ0v) is 9.26. The Morgan fingerprint density at radius 3 is 2.87 bits per heavy atom. The normalized spacial score (nSPS) is 26.1. The van der Waals surface area contributed by atoms with Crippen molar-refractivity contribution in [1.29, 1.82) is 0 Å². The van der Waals surface area contributed by atoms with Crippen LogP contribution >= 0.6 is 12.2 Å². The Balaban J connectivity index is 1.85. The highest BCUT2D eigenvalue weighted by Crippen LogP contribution is 2.19. The van der Waals surface area contributed by atoms with Crippen LogP contribution in [0.1, 0.15) is 12.8 Å². The lowest BCUT2D eigenvalue weighted by Crippen LogP contribution is -2.53. The van der Waals surface area contributed by atoms with Crippen LogP contribution in [0.2, 0.25) is 0 Å². The Kier molecular flexibility index (Phi) is 3.06. The highest BCUT2D eigenvalue weighted by molar-refractivity contribution is 7.80. The minimum Gasteiger partial charge on any atom is -0.391 e. The first-order chi connectivity index (χ1) is 7.16.